The average Bonchev–Trinajstić information content (AvgIpc) is 3.26. The maximum absolute atomic E-state index is 12.3. The van der Waals surface area contributed by atoms with E-state index < -0.39 is 0 Å². The van der Waals surface area contributed by atoms with Gasteiger partial charge in [0.25, 0.3) is 5.91 Å². The van der Waals surface area contributed by atoms with Crippen molar-refractivity contribution < 1.29 is 9.53 Å². The van der Waals surface area contributed by atoms with E-state index in [1.807, 2.05) is 72.8 Å². The molecule has 0 atom stereocenters. The number of hydrogen-bond acceptors (Lipinski definition) is 5. The van der Waals surface area contributed by atoms with Crippen molar-refractivity contribution in [3.05, 3.63) is 90.5 Å². The van der Waals surface area contributed by atoms with Crippen molar-refractivity contribution in [2.75, 3.05) is 11.9 Å². The van der Waals surface area contributed by atoms with E-state index in [0.717, 1.165) is 32.5 Å². The Morgan fingerprint density at radius 1 is 0.971 bits per heavy atom. The number of nitrogens with one attached hydrogen (secondary N) is 2. The summed E-state index contributed by atoms with van der Waals surface area (Å²) in [6, 6.07) is 27.8. The molecule has 0 aliphatic heterocycles. The number of rotatable bonds is 5. The van der Waals surface area contributed by atoms with Gasteiger partial charge in [0.2, 0.25) is 0 Å². The molecule has 0 aliphatic rings. The van der Waals surface area contributed by atoms with Crippen LogP contribution in [0.25, 0.3) is 31.6 Å². The summed E-state index contributed by atoms with van der Waals surface area (Å²) < 4.78 is 6.79. The molecule has 2 N–H and O–H groups in total. The van der Waals surface area contributed by atoms with Gasteiger partial charge in [0.1, 0.15) is 10.8 Å². The third kappa shape index (κ3) is 5.06. The average molecular weight is 484 g/mol. The number of amides is 1. The molecule has 5 nitrogen and oxygen atoms in total. The molecule has 0 spiro atoms. The van der Waals surface area contributed by atoms with E-state index in [1.54, 1.807) is 11.3 Å². The van der Waals surface area contributed by atoms with Gasteiger partial charge < -0.3 is 10.1 Å². The fourth-order valence-corrected chi connectivity index (χ4v) is 4.88. The minimum Gasteiger partial charge on any atom is -0.484 e. The zero-order valence-corrected chi connectivity index (χ0v) is 20.0. The number of fused-ring (bicyclic) bond motifs is 2. The van der Waals surface area contributed by atoms with Crippen LogP contribution < -0.4 is 15.4 Å². The summed E-state index contributed by atoms with van der Waals surface area (Å²) in [5.41, 5.74) is 4.03. The second-order valence-corrected chi connectivity index (χ2v) is 9.31. The summed E-state index contributed by atoms with van der Waals surface area (Å²) in [5.74, 6) is 0.306. The zero-order chi connectivity index (χ0) is 23.5. The van der Waals surface area contributed by atoms with Crippen LogP contribution in [0.2, 0.25) is 0 Å². The lowest BCUT2D eigenvalue weighted by molar-refractivity contribution is -0.121. The summed E-state index contributed by atoms with van der Waals surface area (Å²) in [6.45, 7) is 1.95. The lowest BCUT2D eigenvalue weighted by Gasteiger charge is -2.11. The monoisotopic (exact) mass is 483 g/mol. The first kappa shape index (κ1) is 22.0. The first-order valence-electron chi connectivity index (χ1n) is 10.7. The van der Waals surface area contributed by atoms with Crippen molar-refractivity contribution in [2.45, 2.75) is 6.92 Å². The normalized spacial score (nSPS) is 10.9. The molecule has 5 rings (SSSR count). The van der Waals surface area contributed by atoms with E-state index in [-0.39, 0.29) is 17.6 Å². The minimum absolute atomic E-state index is 0.129. The molecular weight excluding hydrogens is 462 g/mol. The van der Waals surface area contributed by atoms with Crippen LogP contribution in [-0.4, -0.2) is 22.6 Å². The summed E-state index contributed by atoms with van der Waals surface area (Å²) in [5, 5.41) is 9.05. The Balaban J connectivity index is 1.15. The van der Waals surface area contributed by atoms with Crippen LogP contribution in [0.4, 0.5) is 5.69 Å². The molecule has 168 valence electrons. The second kappa shape index (κ2) is 9.59. The molecule has 0 radical (unpaired) electrons. The Kier molecular flexibility index (Phi) is 6.20. The Hall–Kier alpha value is -3.81. The number of thiazole rings is 1. The van der Waals surface area contributed by atoms with Crippen molar-refractivity contribution in [3.63, 3.8) is 0 Å². The molecule has 7 heteroatoms. The largest absolute Gasteiger partial charge is 0.484 e. The standard InChI is InChI=1S/C27H21N3O2S2/c1-17-6-13-23-24(14-17)34-26(29-23)19-7-10-21(11-8-19)28-27(33)30-25(31)16-32-22-12-9-18-4-2-3-5-20(18)15-22/h2-15H,16H2,1H3,(H2,28,30,31,33). The minimum atomic E-state index is -0.327. The number of carbonyl (C=O) groups is 1. The Morgan fingerprint density at radius 2 is 1.76 bits per heavy atom. The fourth-order valence-electron chi connectivity index (χ4n) is 3.58. The zero-order valence-electron chi connectivity index (χ0n) is 18.4. The van der Waals surface area contributed by atoms with Crippen molar-refractivity contribution in [2.24, 2.45) is 0 Å². The van der Waals surface area contributed by atoms with E-state index in [2.05, 4.69) is 29.7 Å². The van der Waals surface area contributed by atoms with Crippen molar-refractivity contribution >= 4 is 61.3 Å². The number of nitrogens with zero attached hydrogens (tertiary/aromatic N) is 1. The lowest BCUT2D eigenvalue weighted by Crippen LogP contribution is -2.37. The van der Waals surface area contributed by atoms with Gasteiger partial charge in [-0.1, -0.05) is 36.4 Å². The fraction of sp³-hybridized carbons (Fsp3) is 0.0741. The summed E-state index contributed by atoms with van der Waals surface area (Å²) in [4.78, 5) is 17.0. The first-order chi connectivity index (χ1) is 16.5. The Morgan fingerprint density at radius 3 is 2.59 bits per heavy atom. The first-order valence-corrected chi connectivity index (χ1v) is 12.0. The van der Waals surface area contributed by atoms with E-state index in [0.29, 0.717) is 5.75 Å². The lowest BCUT2D eigenvalue weighted by atomic mass is 10.1. The third-order valence-corrected chi connectivity index (χ3v) is 6.55. The molecule has 1 aromatic heterocycles. The quantitative estimate of drug-likeness (QED) is 0.287. The van der Waals surface area contributed by atoms with Crippen LogP contribution in [0.1, 0.15) is 5.56 Å². The predicted octanol–water partition coefficient (Wildman–Crippen LogP) is 6.32. The van der Waals surface area contributed by atoms with Crippen molar-refractivity contribution in [1.29, 1.82) is 0 Å². The third-order valence-electron chi connectivity index (χ3n) is 5.28. The number of carbonyl (C=O) groups excluding carboxylic acids is 1. The smallest absolute Gasteiger partial charge is 0.264 e. The highest BCUT2D eigenvalue weighted by molar-refractivity contribution is 7.80. The topological polar surface area (TPSA) is 63.2 Å². The molecule has 0 saturated heterocycles. The maximum atomic E-state index is 12.3. The molecule has 5 aromatic rings. The molecule has 0 unspecified atom stereocenters. The molecule has 0 bridgehead atoms. The van der Waals surface area contributed by atoms with E-state index in [1.165, 1.54) is 10.3 Å². The molecule has 0 aliphatic carbocycles. The number of thiocarbonyl (C=S) groups is 1. The van der Waals surface area contributed by atoms with Gasteiger partial charge in [-0.2, -0.15) is 0 Å². The number of anilines is 1. The highest BCUT2D eigenvalue weighted by Gasteiger charge is 2.09. The number of aromatic nitrogens is 1. The highest BCUT2D eigenvalue weighted by atomic mass is 32.1. The van der Waals surface area contributed by atoms with Crippen LogP contribution in [-0.2, 0) is 4.79 Å². The second-order valence-electron chi connectivity index (χ2n) is 7.87. The van der Waals surface area contributed by atoms with Crippen LogP contribution >= 0.6 is 23.6 Å². The van der Waals surface area contributed by atoms with Gasteiger partial charge in [-0.05, 0) is 84.0 Å². The number of hydrogen-bond donors (Lipinski definition) is 2. The number of benzene rings is 4. The molecule has 0 saturated carbocycles. The van der Waals surface area contributed by atoms with Crippen LogP contribution in [0.3, 0.4) is 0 Å². The molecule has 1 amide bonds. The molecule has 1 heterocycles. The van der Waals surface area contributed by atoms with Gasteiger partial charge in [0.15, 0.2) is 11.7 Å². The van der Waals surface area contributed by atoms with Crippen LogP contribution in [0.15, 0.2) is 84.9 Å². The maximum Gasteiger partial charge on any atom is 0.264 e. The van der Waals surface area contributed by atoms with Crippen molar-refractivity contribution in [3.8, 4) is 16.3 Å². The molecule has 0 fully saturated rings. The van der Waals surface area contributed by atoms with Crippen molar-refractivity contribution in [1.82, 2.24) is 10.3 Å². The Bertz CT molecular complexity index is 1510. The molecular formula is C27H21N3O2S2. The van der Waals surface area contributed by atoms with Gasteiger partial charge in [-0.25, -0.2) is 4.98 Å². The molecule has 4 aromatic carbocycles. The number of ether oxygens (including phenoxy) is 1. The molecule has 34 heavy (non-hydrogen) atoms. The van der Waals surface area contributed by atoms with Gasteiger partial charge in [-0.15, -0.1) is 11.3 Å². The van der Waals surface area contributed by atoms with Gasteiger partial charge in [-0.3, -0.25) is 10.1 Å². The summed E-state index contributed by atoms with van der Waals surface area (Å²) >= 11 is 6.95. The Labute approximate surface area is 206 Å². The van der Waals surface area contributed by atoms with E-state index in [4.69, 9.17) is 21.9 Å². The van der Waals surface area contributed by atoms with Crippen LogP contribution in [0, 0.1) is 6.92 Å². The van der Waals surface area contributed by atoms with Gasteiger partial charge in [0.05, 0.1) is 10.2 Å². The van der Waals surface area contributed by atoms with E-state index >= 15 is 0 Å². The van der Waals surface area contributed by atoms with Crippen LogP contribution in [0.5, 0.6) is 5.75 Å². The highest BCUT2D eigenvalue weighted by Crippen LogP contribution is 2.31. The predicted molar refractivity (Wildman–Crippen MR) is 144 cm³/mol. The number of aryl methyl sites for hydroxylation is 1. The van der Waals surface area contributed by atoms with Gasteiger partial charge >= 0.3 is 0 Å². The van der Waals surface area contributed by atoms with Gasteiger partial charge in [0, 0.05) is 11.3 Å². The van der Waals surface area contributed by atoms with E-state index in [9.17, 15) is 4.79 Å². The summed E-state index contributed by atoms with van der Waals surface area (Å²) in [6.07, 6.45) is 0. The summed E-state index contributed by atoms with van der Waals surface area (Å²) in [7, 11) is 0. The SMILES string of the molecule is Cc1ccc2nc(-c3ccc(NC(=S)NC(=O)COc4ccc5ccccc5c4)cc3)sc2c1.